The Morgan fingerprint density at radius 1 is 1.00 bits per heavy atom. The molecule has 0 fully saturated rings. The van der Waals surface area contributed by atoms with E-state index in [1.165, 1.54) is 6.20 Å². The van der Waals surface area contributed by atoms with E-state index in [4.69, 9.17) is 11.6 Å². The Morgan fingerprint density at radius 3 is 2.45 bits per heavy atom. The van der Waals surface area contributed by atoms with Gasteiger partial charge in [-0.15, -0.1) is 0 Å². The molecule has 0 unspecified atom stereocenters. The summed E-state index contributed by atoms with van der Waals surface area (Å²) in [6, 6.07) is 7.85. The minimum absolute atomic E-state index is 0.187. The first-order valence-corrected chi connectivity index (χ1v) is 8.00. The van der Waals surface area contributed by atoms with Gasteiger partial charge in [-0.3, -0.25) is 14.7 Å². The van der Waals surface area contributed by atoms with Crippen LogP contribution >= 0.6 is 11.6 Å². The largest absolute Gasteiger partial charge is 0.280 e. The van der Waals surface area contributed by atoms with Crippen LogP contribution in [0, 0.1) is 5.82 Å². The van der Waals surface area contributed by atoms with E-state index in [0.29, 0.717) is 16.7 Å². The van der Waals surface area contributed by atoms with Crippen LogP contribution in [0.3, 0.4) is 0 Å². The molecule has 22 heavy (non-hydrogen) atoms. The van der Waals surface area contributed by atoms with E-state index in [-0.39, 0.29) is 9.92 Å². The van der Waals surface area contributed by atoms with Gasteiger partial charge in [-0.2, -0.15) is 0 Å². The van der Waals surface area contributed by atoms with E-state index in [1.54, 1.807) is 24.4 Å². The van der Waals surface area contributed by atoms with Gasteiger partial charge in [0.2, 0.25) is 0 Å². The molecule has 3 rings (SSSR count). The van der Waals surface area contributed by atoms with Gasteiger partial charge >= 0.3 is 0 Å². The third-order valence-electron chi connectivity index (χ3n) is 2.90. The molecule has 0 bridgehead atoms. The quantitative estimate of drug-likeness (QED) is 0.796. The summed E-state index contributed by atoms with van der Waals surface area (Å²) in [6.45, 7) is 0. The van der Waals surface area contributed by atoms with E-state index in [2.05, 4.69) is 14.7 Å². The SMILES string of the molecule is O=S(=O)(Nc1ccc2nccnc2c1)c1ccc(F)cc1Cl. The topological polar surface area (TPSA) is 72.0 Å². The standard InChI is InChI=1S/C14H9ClFN3O2S/c15-11-7-9(16)1-4-14(11)22(20,21)19-10-2-3-12-13(8-10)18-6-5-17-12/h1-8,19H. The molecular weight excluding hydrogens is 329 g/mol. The maximum atomic E-state index is 13.0. The summed E-state index contributed by atoms with van der Waals surface area (Å²) in [7, 11) is -3.93. The fraction of sp³-hybridized carbons (Fsp3) is 0. The molecule has 0 saturated heterocycles. The predicted octanol–water partition coefficient (Wildman–Crippen LogP) is 3.22. The molecule has 1 heterocycles. The molecule has 112 valence electrons. The number of anilines is 1. The average molecular weight is 338 g/mol. The zero-order chi connectivity index (χ0) is 15.7. The maximum Gasteiger partial charge on any atom is 0.263 e. The van der Waals surface area contributed by atoms with Gasteiger partial charge in [-0.25, -0.2) is 12.8 Å². The Morgan fingerprint density at radius 2 is 1.73 bits per heavy atom. The number of fused-ring (bicyclic) bond motifs is 1. The first-order valence-electron chi connectivity index (χ1n) is 6.14. The predicted molar refractivity (Wildman–Crippen MR) is 81.8 cm³/mol. The van der Waals surface area contributed by atoms with Crippen LogP contribution in [-0.2, 0) is 10.0 Å². The molecule has 3 aromatic rings. The molecular formula is C14H9ClFN3O2S. The molecule has 8 heteroatoms. The molecule has 0 amide bonds. The van der Waals surface area contributed by atoms with Crippen molar-refractivity contribution in [2.24, 2.45) is 0 Å². The van der Waals surface area contributed by atoms with Gasteiger partial charge in [0, 0.05) is 12.4 Å². The summed E-state index contributed by atoms with van der Waals surface area (Å²) in [4.78, 5) is 8.00. The van der Waals surface area contributed by atoms with E-state index in [1.807, 2.05) is 0 Å². The maximum absolute atomic E-state index is 13.0. The van der Waals surface area contributed by atoms with Crippen LogP contribution in [0.1, 0.15) is 0 Å². The third kappa shape index (κ3) is 2.86. The zero-order valence-electron chi connectivity index (χ0n) is 11.0. The van der Waals surface area contributed by atoms with Crippen LogP contribution in [0.25, 0.3) is 11.0 Å². The van der Waals surface area contributed by atoms with Crippen molar-refractivity contribution in [2.45, 2.75) is 4.90 Å². The molecule has 0 aliphatic carbocycles. The smallest absolute Gasteiger partial charge is 0.263 e. The number of halogens is 2. The second-order valence-electron chi connectivity index (χ2n) is 4.44. The van der Waals surface area contributed by atoms with E-state index < -0.39 is 15.8 Å². The zero-order valence-corrected chi connectivity index (χ0v) is 12.6. The average Bonchev–Trinajstić information content (AvgIpc) is 2.46. The van der Waals surface area contributed by atoms with Crippen molar-refractivity contribution in [3.05, 3.63) is 59.6 Å². The van der Waals surface area contributed by atoms with Gasteiger partial charge in [0.1, 0.15) is 10.7 Å². The van der Waals surface area contributed by atoms with E-state index in [0.717, 1.165) is 18.2 Å². The van der Waals surface area contributed by atoms with E-state index in [9.17, 15) is 12.8 Å². The molecule has 1 N–H and O–H groups in total. The van der Waals surface area contributed by atoms with Crippen LogP contribution in [-0.4, -0.2) is 18.4 Å². The Labute approximate surface area is 130 Å². The second-order valence-corrected chi connectivity index (χ2v) is 6.50. The first-order chi connectivity index (χ1) is 10.5. The highest BCUT2D eigenvalue weighted by Gasteiger charge is 2.18. The lowest BCUT2D eigenvalue weighted by molar-refractivity contribution is 0.600. The van der Waals surface area contributed by atoms with Crippen LogP contribution < -0.4 is 4.72 Å². The van der Waals surface area contributed by atoms with Crippen LogP contribution in [0.4, 0.5) is 10.1 Å². The van der Waals surface area contributed by atoms with Gasteiger partial charge in [0.25, 0.3) is 10.0 Å². The number of rotatable bonds is 3. The molecule has 0 aliphatic rings. The lowest BCUT2D eigenvalue weighted by Crippen LogP contribution is -2.13. The van der Waals surface area contributed by atoms with Crippen molar-refractivity contribution in [1.29, 1.82) is 0 Å². The van der Waals surface area contributed by atoms with Gasteiger partial charge in [0.15, 0.2) is 0 Å². The van der Waals surface area contributed by atoms with Crippen LogP contribution in [0.5, 0.6) is 0 Å². The number of hydrogen-bond donors (Lipinski definition) is 1. The summed E-state index contributed by atoms with van der Waals surface area (Å²) in [5.74, 6) is -0.607. The van der Waals surface area contributed by atoms with Crippen LogP contribution in [0.2, 0.25) is 5.02 Å². The van der Waals surface area contributed by atoms with Gasteiger partial charge in [-0.1, -0.05) is 11.6 Å². The molecule has 0 radical (unpaired) electrons. The molecule has 0 saturated carbocycles. The highest BCUT2D eigenvalue weighted by molar-refractivity contribution is 7.92. The molecule has 0 spiro atoms. The monoisotopic (exact) mass is 337 g/mol. The normalized spacial score (nSPS) is 11.5. The van der Waals surface area contributed by atoms with E-state index >= 15 is 0 Å². The molecule has 5 nitrogen and oxygen atoms in total. The number of aromatic nitrogens is 2. The number of nitrogens with zero attached hydrogens (tertiary/aromatic N) is 2. The molecule has 2 aromatic carbocycles. The van der Waals surface area contributed by atoms with Crippen molar-refractivity contribution in [3.63, 3.8) is 0 Å². The number of sulfonamides is 1. The first kappa shape index (κ1) is 14.7. The fourth-order valence-electron chi connectivity index (χ4n) is 1.93. The van der Waals surface area contributed by atoms with Gasteiger partial charge in [-0.05, 0) is 36.4 Å². The summed E-state index contributed by atoms with van der Waals surface area (Å²) in [6.07, 6.45) is 3.06. The van der Waals surface area contributed by atoms with Crippen molar-refractivity contribution in [3.8, 4) is 0 Å². The number of nitrogens with one attached hydrogen (secondary N) is 1. The summed E-state index contributed by atoms with van der Waals surface area (Å²) >= 11 is 5.79. The molecule has 1 aromatic heterocycles. The lowest BCUT2D eigenvalue weighted by atomic mass is 10.3. The Kier molecular flexibility index (Phi) is 3.67. The van der Waals surface area contributed by atoms with Crippen molar-refractivity contribution < 1.29 is 12.8 Å². The Bertz CT molecular complexity index is 963. The number of hydrogen-bond acceptors (Lipinski definition) is 4. The molecule has 0 aliphatic heterocycles. The van der Waals surface area contributed by atoms with Gasteiger partial charge < -0.3 is 0 Å². The lowest BCUT2D eigenvalue weighted by Gasteiger charge is -2.10. The second kappa shape index (κ2) is 5.51. The fourth-order valence-corrected chi connectivity index (χ4v) is 3.51. The third-order valence-corrected chi connectivity index (χ3v) is 4.77. The Balaban J connectivity index is 1.99. The van der Waals surface area contributed by atoms with Crippen molar-refractivity contribution >= 4 is 38.3 Å². The van der Waals surface area contributed by atoms with Gasteiger partial charge in [0.05, 0.1) is 21.7 Å². The minimum atomic E-state index is -3.93. The van der Waals surface area contributed by atoms with Crippen LogP contribution in [0.15, 0.2) is 53.7 Å². The number of benzene rings is 2. The molecule has 0 atom stereocenters. The minimum Gasteiger partial charge on any atom is -0.280 e. The summed E-state index contributed by atoms with van der Waals surface area (Å²) in [5, 5.41) is -0.187. The highest BCUT2D eigenvalue weighted by atomic mass is 35.5. The highest BCUT2D eigenvalue weighted by Crippen LogP contribution is 2.25. The summed E-state index contributed by atoms with van der Waals surface area (Å²) < 4.78 is 40.0. The Hall–Kier alpha value is -2.25. The van der Waals surface area contributed by atoms with Crippen molar-refractivity contribution in [2.75, 3.05) is 4.72 Å². The summed E-state index contributed by atoms with van der Waals surface area (Å²) in [5.41, 5.74) is 1.51. The van der Waals surface area contributed by atoms with Crippen molar-refractivity contribution in [1.82, 2.24) is 9.97 Å².